The number of rotatable bonds is 9. The number of halogens is 2. The van der Waals surface area contributed by atoms with E-state index in [0.29, 0.717) is 0 Å². The fraction of sp³-hybridized carbons (Fsp3) is 0.333. The number of nitrogens with one attached hydrogen (secondary N) is 1. The van der Waals surface area contributed by atoms with Gasteiger partial charge in [-0.15, -0.1) is 0 Å². The molecule has 0 aromatic heterocycles. The van der Waals surface area contributed by atoms with Crippen molar-refractivity contribution in [3.05, 3.63) is 46.4 Å². The van der Waals surface area contributed by atoms with E-state index < -0.39 is 20.0 Å². The standard InChI is InChI=1S/C18H22Cl2N2O5S2/c1-4-22(5-2)29(25,26)18-12-14(8-10-16(18)27-6-3)21-28(23,24)17-11-13(19)7-9-15(17)20/h7-12,21H,4-6H2,1-3H3. The molecule has 11 heteroatoms. The number of benzene rings is 2. The minimum absolute atomic E-state index is 0.0103. The molecule has 2 aromatic carbocycles. The summed E-state index contributed by atoms with van der Waals surface area (Å²) in [6, 6.07) is 8.12. The van der Waals surface area contributed by atoms with Crippen LogP contribution in [0.5, 0.6) is 5.75 Å². The Morgan fingerprint density at radius 1 is 0.931 bits per heavy atom. The zero-order valence-electron chi connectivity index (χ0n) is 16.1. The van der Waals surface area contributed by atoms with Crippen molar-refractivity contribution < 1.29 is 21.6 Å². The molecule has 0 spiro atoms. The lowest BCUT2D eigenvalue weighted by molar-refractivity contribution is 0.329. The Morgan fingerprint density at radius 3 is 2.17 bits per heavy atom. The van der Waals surface area contributed by atoms with Crippen LogP contribution in [0.1, 0.15) is 20.8 Å². The van der Waals surface area contributed by atoms with Gasteiger partial charge in [0.15, 0.2) is 0 Å². The maximum Gasteiger partial charge on any atom is 0.263 e. The Hall–Kier alpha value is -1.52. The summed E-state index contributed by atoms with van der Waals surface area (Å²) in [6.45, 7) is 5.94. The maximum absolute atomic E-state index is 13.0. The lowest BCUT2D eigenvalue weighted by atomic mass is 10.3. The zero-order valence-corrected chi connectivity index (χ0v) is 19.3. The molecule has 0 amide bonds. The second-order valence-electron chi connectivity index (χ2n) is 5.86. The summed E-state index contributed by atoms with van der Waals surface area (Å²) in [4.78, 5) is -0.339. The molecule has 0 radical (unpaired) electrons. The van der Waals surface area contributed by atoms with Gasteiger partial charge in [-0.05, 0) is 43.3 Å². The zero-order chi connectivity index (χ0) is 21.8. The third kappa shape index (κ3) is 5.35. The first-order valence-corrected chi connectivity index (χ1v) is 12.5. The van der Waals surface area contributed by atoms with Crippen molar-refractivity contribution in [1.82, 2.24) is 4.31 Å². The van der Waals surface area contributed by atoms with Crippen molar-refractivity contribution >= 4 is 48.9 Å². The van der Waals surface area contributed by atoms with E-state index in [1.54, 1.807) is 20.8 Å². The highest BCUT2D eigenvalue weighted by Crippen LogP contribution is 2.32. The summed E-state index contributed by atoms with van der Waals surface area (Å²) in [5, 5.41) is 0.190. The predicted molar refractivity (Wildman–Crippen MR) is 115 cm³/mol. The number of sulfonamides is 2. The van der Waals surface area contributed by atoms with E-state index in [-0.39, 0.29) is 51.0 Å². The van der Waals surface area contributed by atoms with Gasteiger partial charge in [-0.1, -0.05) is 37.0 Å². The Labute approximate surface area is 181 Å². The van der Waals surface area contributed by atoms with Gasteiger partial charge in [-0.2, -0.15) is 4.31 Å². The fourth-order valence-corrected chi connectivity index (χ4v) is 6.07. The molecule has 160 valence electrons. The average molecular weight is 481 g/mol. The molecule has 2 aromatic rings. The SMILES string of the molecule is CCOc1ccc(NS(=O)(=O)c2cc(Cl)ccc2Cl)cc1S(=O)(=O)N(CC)CC. The summed E-state index contributed by atoms with van der Waals surface area (Å²) in [5.74, 6) is 0.142. The second-order valence-corrected chi connectivity index (χ2v) is 10.3. The molecule has 0 saturated carbocycles. The number of hydrogen-bond donors (Lipinski definition) is 1. The second kappa shape index (κ2) is 9.53. The first-order chi connectivity index (χ1) is 13.6. The highest BCUT2D eigenvalue weighted by Gasteiger charge is 2.27. The van der Waals surface area contributed by atoms with E-state index in [4.69, 9.17) is 27.9 Å². The van der Waals surface area contributed by atoms with Gasteiger partial charge in [0.2, 0.25) is 10.0 Å². The van der Waals surface area contributed by atoms with Crippen LogP contribution in [0.2, 0.25) is 10.0 Å². The third-order valence-electron chi connectivity index (χ3n) is 4.00. The van der Waals surface area contributed by atoms with Crippen LogP contribution in [0.25, 0.3) is 0 Å². The molecule has 0 aliphatic rings. The van der Waals surface area contributed by atoms with Gasteiger partial charge < -0.3 is 4.74 Å². The molecular formula is C18H22Cl2N2O5S2. The molecule has 0 aliphatic carbocycles. The summed E-state index contributed by atoms with van der Waals surface area (Å²) in [6.07, 6.45) is 0. The molecule has 0 saturated heterocycles. The fourth-order valence-electron chi connectivity index (χ4n) is 2.64. The summed E-state index contributed by atoms with van der Waals surface area (Å²) >= 11 is 11.9. The van der Waals surface area contributed by atoms with Gasteiger partial charge in [0.25, 0.3) is 10.0 Å². The quantitative estimate of drug-likeness (QED) is 0.579. The first kappa shape index (κ1) is 23.8. The number of nitrogens with zero attached hydrogens (tertiary/aromatic N) is 1. The Bertz CT molecular complexity index is 1090. The van der Waals surface area contributed by atoms with E-state index in [0.717, 1.165) is 0 Å². The van der Waals surface area contributed by atoms with E-state index >= 15 is 0 Å². The molecule has 1 N–H and O–H groups in total. The topological polar surface area (TPSA) is 92.8 Å². The van der Waals surface area contributed by atoms with Crippen LogP contribution in [-0.4, -0.2) is 40.8 Å². The molecule has 29 heavy (non-hydrogen) atoms. The largest absolute Gasteiger partial charge is 0.492 e. The van der Waals surface area contributed by atoms with E-state index in [1.165, 1.54) is 40.7 Å². The molecule has 0 aliphatic heterocycles. The van der Waals surface area contributed by atoms with Gasteiger partial charge in [-0.25, -0.2) is 16.8 Å². The normalized spacial score (nSPS) is 12.2. The van der Waals surface area contributed by atoms with Crippen molar-refractivity contribution in [2.75, 3.05) is 24.4 Å². The summed E-state index contributed by atoms with van der Waals surface area (Å²) < 4.78 is 60.6. The van der Waals surface area contributed by atoms with Crippen molar-refractivity contribution in [2.45, 2.75) is 30.6 Å². The van der Waals surface area contributed by atoms with Gasteiger partial charge in [-0.3, -0.25) is 4.72 Å². The summed E-state index contributed by atoms with van der Waals surface area (Å²) in [5.41, 5.74) is 0.0511. The maximum atomic E-state index is 13.0. The molecule has 2 rings (SSSR count). The smallest absolute Gasteiger partial charge is 0.263 e. The van der Waals surface area contributed by atoms with Gasteiger partial charge in [0.05, 0.1) is 17.3 Å². The van der Waals surface area contributed by atoms with E-state index in [9.17, 15) is 16.8 Å². The first-order valence-electron chi connectivity index (χ1n) is 8.81. The highest BCUT2D eigenvalue weighted by atomic mass is 35.5. The minimum Gasteiger partial charge on any atom is -0.492 e. The molecule has 0 heterocycles. The third-order valence-corrected chi connectivity index (χ3v) is 8.17. The van der Waals surface area contributed by atoms with Crippen molar-refractivity contribution in [1.29, 1.82) is 0 Å². The van der Waals surface area contributed by atoms with Crippen LogP contribution < -0.4 is 9.46 Å². The number of ether oxygens (including phenoxy) is 1. The molecule has 0 bridgehead atoms. The lowest BCUT2D eigenvalue weighted by Crippen LogP contribution is -2.31. The van der Waals surface area contributed by atoms with Crippen molar-refractivity contribution in [2.24, 2.45) is 0 Å². The van der Waals surface area contributed by atoms with Crippen LogP contribution >= 0.6 is 23.2 Å². The number of hydrogen-bond acceptors (Lipinski definition) is 5. The lowest BCUT2D eigenvalue weighted by Gasteiger charge is -2.21. The minimum atomic E-state index is -4.10. The number of anilines is 1. The molecule has 0 unspecified atom stereocenters. The molecule has 0 fully saturated rings. The molecule has 7 nitrogen and oxygen atoms in total. The Balaban J connectivity index is 2.54. The Kier molecular flexibility index (Phi) is 7.80. The molecular weight excluding hydrogens is 459 g/mol. The van der Waals surface area contributed by atoms with Gasteiger partial charge >= 0.3 is 0 Å². The van der Waals surface area contributed by atoms with Crippen LogP contribution in [0.4, 0.5) is 5.69 Å². The van der Waals surface area contributed by atoms with Crippen molar-refractivity contribution in [3.63, 3.8) is 0 Å². The predicted octanol–water partition coefficient (Wildman–Crippen LogP) is 4.22. The molecule has 0 atom stereocenters. The summed E-state index contributed by atoms with van der Waals surface area (Å²) in [7, 11) is -7.99. The van der Waals surface area contributed by atoms with E-state index in [1.807, 2.05) is 0 Å². The van der Waals surface area contributed by atoms with Crippen LogP contribution in [0.15, 0.2) is 46.2 Å². The van der Waals surface area contributed by atoms with Crippen LogP contribution in [0, 0.1) is 0 Å². The van der Waals surface area contributed by atoms with Gasteiger partial charge in [0.1, 0.15) is 15.5 Å². The Morgan fingerprint density at radius 2 is 1.59 bits per heavy atom. The van der Waals surface area contributed by atoms with Crippen molar-refractivity contribution in [3.8, 4) is 5.75 Å². The van der Waals surface area contributed by atoms with E-state index in [2.05, 4.69) is 4.72 Å². The van der Waals surface area contributed by atoms with Gasteiger partial charge in [0, 0.05) is 18.1 Å². The van der Waals surface area contributed by atoms with Crippen LogP contribution in [-0.2, 0) is 20.0 Å². The average Bonchev–Trinajstić information content (AvgIpc) is 2.65. The highest BCUT2D eigenvalue weighted by molar-refractivity contribution is 7.93. The van der Waals surface area contributed by atoms with Crippen LogP contribution in [0.3, 0.4) is 0 Å². The monoisotopic (exact) mass is 480 g/mol.